The maximum absolute atomic E-state index is 13.9. The summed E-state index contributed by atoms with van der Waals surface area (Å²) in [5.41, 5.74) is 4.59. The van der Waals surface area contributed by atoms with Crippen molar-refractivity contribution >= 4 is 22.9 Å². The van der Waals surface area contributed by atoms with Gasteiger partial charge in [0, 0.05) is 30.4 Å². The number of nitrogens with zero attached hydrogens (tertiary/aromatic N) is 3. The van der Waals surface area contributed by atoms with Crippen molar-refractivity contribution in [3.63, 3.8) is 0 Å². The molecule has 1 aliphatic heterocycles. The number of ether oxygens (including phenoxy) is 1. The van der Waals surface area contributed by atoms with Crippen LogP contribution in [0.2, 0.25) is 0 Å². The molecule has 5 rings (SSSR count). The van der Waals surface area contributed by atoms with Gasteiger partial charge >= 0.3 is 5.97 Å². The summed E-state index contributed by atoms with van der Waals surface area (Å²) in [6, 6.07) is 15.2. The molecule has 0 atom stereocenters. The molecule has 3 heterocycles. The van der Waals surface area contributed by atoms with Crippen molar-refractivity contribution in [1.82, 2.24) is 14.5 Å². The van der Waals surface area contributed by atoms with Crippen molar-refractivity contribution in [2.45, 2.75) is 32.9 Å². The number of hydrogen-bond donors (Lipinski definition) is 1. The Balaban J connectivity index is 1.42. The van der Waals surface area contributed by atoms with Gasteiger partial charge in [-0.1, -0.05) is 18.2 Å². The van der Waals surface area contributed by atoms with Crippen LogP contribution >= 0.6 is 0 Å². The van der Waals surface area contributed by atoms with Crippen LogP contribution in [-0.4, -0.2) is 44.6 Å². The molecule has 0 radical (unpaired) electrons. The first-order chi connectivity index (χ1) is 17.4. The first kappa shape index (κ1) is 23.5. The number of benzene rings is 2. The van der Waals surface area contributed by atoms with Gasteiger partial charge in [0.05, 0.1) is 19.6 Å². The van der Waals surface area contributed by atoms with E-state index in [9.17, 15) is 19.1 Å². The molecule has 2 aromatic heterocycles. The molecule has 0 spiro atoms. The minimum atomic E-state index is -1.07. The lowest BCUT2D eigenvalue weighted by Gasteiger charge is -2.29. The fourth-order valence-corrected chi connectivity index (χ4v) is 4.88. The SMILES string of the molecule is CCOc1cc(CC(=O)N2CCc3c(n(Cc4cccc(F)c4)c4ncccc34)C2)ccc1C(=O)O. The zero-order chi connectivity index (χ0) is 25.2. The Bertz CT molecular complexity index is 1460. The quantitative estimate of drug-likeness (QED) is 0.416. The van der Waals surface area contributed by atoms with Crippen LogP contribution in [0.3, 0.4) is 0 Å². The summed E-state index contributed by atoms with van der Waals surface area (Å²) >= 11 is 0. The highest BCUT2D eigenvalue weighted by Gasteiger charge is 2.27. The van der Waals surface area contributed by atoms with E-state index in [-0.39, 0.29) is 29.5 Å². The number of carboxylic acid groups (broad SMARTS) is 1. The fourth-order valence-electron chi connectivity index (χ4n) is 4.88. The summed E-state index contributed by atoms with van der Waals surface area (Å²) in [6.07, 6.45) is 2.58. The second kappa shape index (κ2) is 9.81. The van der Waals surface area contributed by atoms with E-state index in [1.54, 1.807) is 31.3 Å². The number of halogens is 1. The van der Waals surface area contributed by atoms with Crippen LogP contribution in [0.15, 0.2) is 60.8 Å². The smallest absolute Gasteiger partial charge is 0.339 e. The van der Waals surface area contributed by atoms with Gasteiger partial charge in [-0.15, -0.1) is 0 Å². The summed E-state index contributed by atoms with van der Waals surface area (Å²) in [5.74, 6) is -1.15. The number of fused-ring (bicyclic) bond motifs is 3. The fraction of sp³-hybridized carbons (Fsp3) is 0.250. The molecule has 0 unspecified atom stereocenters. The maximum Gasteiger partial charge on any atom is 0.339 e. The third kappa shape index (κ3) is 4.54. The van der Waals surface area contributed by atoms with Gasteiger partial charge < -0.3 is 19.3 Å². The van der Waals surface area contributed by atoms with E-state index in [1.165, 1.54) is 23.8 Å². The summed E-state index contributed by atoms with van der Waals surface area (Å²) in [5, 5.41) is 10.4. The first-order valence-corrected chi connectivity index (χ1v) is 11.9. The molecule has 7 nitrogen and oxygen atoms in total. The minimum absolute atomic E-state index is 0.0540. The van der Waals surface area contributed by atoms with Gasteiger partial charge in [0.15, 0.2) is 0 Å². The first-order valence-electron chi connectivity index (χ1n) is 11.9. The Labute approximate surface area is 207 Å². The van der Waals surface area contributed by atoms with Crippen LogP contribution < -0.4 is 4.74 Å². The number of rotatable bonds is 7. The van der Waals surface area contributed by atoms with Gasteiger partial charge in [-0.3, -0.25) is 4.79 Å². The van der Waals surface area contributed by atoms with Crippen LogP contribution in [-0.2, 0) is 30.7 Å². The highest BCUT2D eigenvalue weighted by Crippen LogP contribution is 2.31. The predicted molar refractivity (Wildman–Crippen MR) is 133 cm³/mol. The topological polar surface area (TPSA) is 84.7 Å². The van der Waals surface area contributed by atoms with Crippen molar-refractivity contribution in [1.29, 1.82) is 0 Å². The van der Waals surface area contributed by atoms with Crippen molar-refractivity contribution in [3.8, 4) is 5.75 Å². The molecule has 1 amide bonds. The molecule has 184 valence electrons. The number of amides is 1. The average Bonchev–Trinajstić information content (AvgIpc) is 3.17. The third-order valence-electron chi connectivity index (χ3n) is 6.53. The largest absolute Gasteiger partial charge is 0.493 e. The molecular weight excluding hydrogens is 461 g/mol. The molecule has 1 N–H and O–H groups in total. The van der Waals surface area contributed by atoms with Crippen LogP contribution in [0, 0.1) is 5.82 Å². The van der Waals surface area contributed by atoms with Gasteiger partial charge in [0.2, 0.25) is 5.91 Å². The second-order valence-corrected chi connectivity index (χ2v) is 8.83. The molecule has 36 heavy (non-hydrogen) atoms. The molecule has 8 heteroatoms. The van der Waals surface area contributed by atoms with Gasteiger partial charge in [-0.05, 0) is 66.4 Å². The third-order valence-corrected chi connectivity index (χ3v) is 6.53. The van der Waals surface area contributed by atoms with Gasteiger partial charge in [-0.2, -0.15) is 0 Å². The molecule has 0 fully saturated rings. The van der Waals surface area contributed by atoms with E-state index in [0.717, 1.165) is 22.3 Å². The van der Waals surface area contributed by atoms with Crippen molar-refractivity contribution < 1.29 is 23.8 Å². The average molecular weight is 488 g/mol. The van der Waals surface area contributed by atoms with Crippen molar-refractivity contribution in [2.24, 2.45) is 0 Å². The van der Waals surface area contributed by atoms with E-state index in [4.69, 9.17) is 4.74 Å². The number of carbonyl (C=O) groups is 2. The zero-order valence-corrected chi connectivity index (χ0v) is 19.9. The Morgan fingerprint density at radius 3 is 2.75 bits per heavy atom. The van der Waals surface area contributed by atoms with E-state index >= 15 is 0 Å². The van der Waals surface area contributed by atoms with Gasteiger partial charge in [0.1, 0.15) is 22.8 Å². The Kier molecular flexibility index (Phi) is 6.41. The summed E-state index contributed by atoms with van der Waals surface area (Å²) < 4.78 is 21.4. The number of aromatic nitrogens is 2. The van der Waals surface area contributed by atoms with Gasteiger partial charge in [0.25, 0.3) is 0 Å². The van der Waals surface area contributed by atoms with E-state index in [0.29, 0.717) is 38.2 Å². The molecular formula is C28H26FN3O4. The van der Waals surface area contributed by atoms with Gasteiger partial charge in [-0.25, -0.2) is 14.2 Å². The monoisotopic (exact) mass is 487 g/mol. The highest BCUT2D eigenvalue weighted by atomic mass is 19.1. The van der Waals surface area contributed by atoms with E-state index < -0.39 is 5.97 Å². The predicted octanol–water partition coefficient (Wildman–Crippen LogP) is 4.45. The van der Waals surface area contributed by atoms with Crippen LogP contribution in [0.4, 0.5) is 4.39 Å². The lowest BCUT2D eigenvalue weighted by molar-refractivity contribution is -0.131. The van der Waals surface area contributed by atoms with Crippen LogP contribution in [0.1, 0.15) is 39.7 Å². The number of carboxylic acids is 1. The summed E-state index contributed by atoms with van der Waals surface area (Å²) in [7, 11) is 0. The standard InChI is InChI=1S/C28H26FN3O4/c1-2-36-25-14-18(8-9-23(25)28(34)35)15-26(33)31-12-10-21-22-7-4-11-30-27(22)32(24(21)17-31)16-19-5-3-6-20(29)13-19/h3-9,11,13-14H,2,10,12,15-17H2,1H3,(H,34,35). The molecule has 1 aliphatic rings. The van der Waals surface area contributed by atoms with Crippen LogP contribution in [0.25, 0.3) is 11.0 Å². The number of carbonyl (C=O) groups excluding carboxylic acids is 1. The normalized spacial score (nSPS) is 13.0. The number of pyridine rings is 1. The Morgan fingerprint density at radius 2 is 1.97 bits per heavy atom. The zero-order valence-electron chi connectivity index (χ0n) is 19.9. The van der Waals surface area contributed by atoms with Crippen molar-refractivity contribution in [2.75, 3.05) is 13.2 Å². The summed E-state index contributed by atoms with van der Waals surface area (Å²) in [4.78, 5) is 31.2. The molecule has 0 aliphatic carbocycles. The molecule has 0 saturated heterocycles. The second-order valence-electron chi connectivity index (χ2n) is 8.83. The summed E-state index contributed by atoms with van der Waals surface area (Å²) in [6.45, 7) is 3.57. The molecule has 0 bridgehead atoms. The van der Waals surface area contributed by atoms with Crippen molar-refractivity contribution in [3.05, 3.63) is 94.6 Å². The van der Waals surface area contributed by atoms with Crippen LogP contribution in [0.5, 0.6) is 5.75 Å². The van der Waals surface area contributed by atoms with E-state index in [1.807, 2.05) is 23.1 Å². The minimum Gasteiger partial charge on any atom is -0.493 e. The Hall–Kier alpha value is -4.20. The Morgan fingerprint density at radius 1 is 1.11 bits per heavy atom. The maximum atomic E-state index is 13.9. The number of hydrogen-bond acceptors (Lipinski definition) is 4. The molecule has 2 aromatic carbocycles. The molecule has 0 saturated carbocycles. The highest BCUT2D eigenvalue weighted by molar-refractivity contribution is 5.91. The lowest BCUT2D eigenvalue weighted by Crippen LogP contribution is -2.37. The lowest BCUT2D eigenvalue weighted by atomic mass is 10.0. The number of aromatic carboxylic acids is 1. The molecule has 4 aromatic rings. The van der Waals surface area contributed by atoms with E-state index in [2.05, 4.69) is 9.55 Å².